The van der Waals surface area contributed by atoms with Gasteiger partial charge in [-0.2, -0.15) is 0 Å². The van der Waals surface area contributed by atoms with Crippen LogP contribution in [0.4, 0.5) is 0 Å². The van der Waals surface area contributed by atoms with E-state index in [-0.39, 0.29) is 14.5 Å². The molecular weight excluding hydrogens is 113 g/mol. The second-order valence-corrected chi connectivity index (χ2v) is 1.41. The van der Waals surface area contributed by atoms with Gasteiger partial charge in [0.15, 0.2) is 0 Å². The molecule has 0 aromatic carbocycles. The Morgan fingerprint density at radius 3 is 2.71 bits per heavy atom. The molecule has 0 aliphatic carbocycles. The van der Waals surface area contributed by atoms with Crippen molar-refractivity contribution in [3.05, 3.63) is 0 Å². The minimum atomic E-state index is -0.848. The van der Waals surface area contributed by atoms with Crippen molar-refractivity contribution >= 4 is 7.92 Å². The van der Waals surface area contributed by atoms with Gasteiger partial charge in [0.2, 0.25) is 0 Å². The van der Waals surface area contributed by atoms with Crippen LogP contribution in [0, 0.1) is 5.63 Å². The summed E-state index contributed by atoms with van der Waals surface area (Å²) in [6, 6.07) is 0. The molecule has 0 aromatic heterocycles. The third-order valence-corrected chi connectivity index (χ3v) is 0.828. The maximum absolute atomic E-state index is 9.54. The molecule has 0 bridgehead atoms. The van der Waals surface area contributed by atoms with Crippen LogP contribution in [0.15, 0.2) is 0 Å². The molecule has 0 amide bonds. The van der Waals surface area contributed by atoms with Crippen molar-refractivity contribution in [3.8, 4) is 5.63 Å². The van der Waals surface area contributed by atoms with Crippen molar-refractivity contribution in [1.29, 1.82) is 0 Å². The molecule has 0 rings (SSSR count). The minimum absolute atomic E-state index is 0.0786. The Balaban J connectivity index is 3.50. The molecule has 1 unspecified atom stereocenters. The first-order valence-electron chi connectivity index (χ1n) is 1.77. The molecule has 0 fully saturated rings. The fourth-order valence-corrected chi connectivity index (χ4v) is 0.341. The van der Waals surface area contributed by atoms with E-state index in [1.165, 1.54) is 0 Å². The van der Waals surface area contributed by atoms with Crippen LogP contribution in [0.25, 0.3) is 0 Å². The summed E-state index contributed by atoms with van der Waals surface area (Å²) in [7, 11) is -0.290. The molecule has 0 saturated heterocycles. The molecule has 0 spiro atoms. The van der Waals surface area contributed by atoms with Gasteiger partial charge in [0.05, 0.1) is 0 Å². The molecule has 0 radical (unpaired) electrons. The van der Waals surface area contributed by atoms with Crippen LogP contribution in [0.2, 0.25) is 0 Å². The molecule has 0 saturated carbocycles. The standard InChI is InChI=1S/C3H6NO2P/c4-1-3(5)2-7-6/h3,5H,1,4H2. The van der Waals surface area contributed by atoms with Crippen molar-refractivity contribution in [2.45, 2.75) is 6.10 Å². The first-order chi connectivity index (χ1) is 3.31. The number of nitrogens with two attached hydrogens (primary N) is 1. The van der Waals surface area contributed by atoms with Gasteiger partial charge >= 0.3 is 41.6 Å². The van der Waals surface area contributed by atoms with Crippen LogP contribution >= 0.6 is 7.92 Å². The van der Waals surface area contributed by atoms with Crippen molar-refractivity contribution in [2.24, 2.45) is 5.73 Å². The van der Waals surface area contributed by atoms with Crippen molar-refractivity contribution in [3.63, 3.8) is 0 Å². The van der Waals surface area contributed by atoms with Crippen LogP contribution in [0.3, 0.4) is 0 Å². The average Bonchev–Trinajstić information content (AvgIpc) is 1.68. The van der Waals surface area contributed by atoms with Crippen LogP contribution in [0.5, 0.6) is 0 Å². The monoisotopic (exact) mass is 119 g/mol. The summed E-state index contributed by atoms with van der Waals surface area (Å²) in [4.78, 5) is 0. The Kier molecular flexibility index (Phi) is 4.06. The summed E-state index contributed by atoms with van der Waals surface area (Å²) >= 11 is 0. The molecule has 0 aromatic rings. The van der Waals surface area contributed by atoms with E-state index in [4.69, 9.17) is 10.8 Å². The molecule has 3 N–H and O–H groups in total. The van der Waals surface area contributed by atoms with Gasteiger partial charge in [-0.3, -0.25) is 0 Å². The van der Waals surface area contributed by atoms with Crippen LogP contribution in [-0.2, 0) is 4.57 Å². The Labute approximate surface area is 42.6 Å². The van der Waals surface area contributed by atoms with Gasteiger partial charge in [-0.15, -0.1) is 0 Å². The molecule has 4 heteroatoms. The van der Waals surface area contributed by atoms with Crippen molar-refractivity contribution < 1.29 is 9.67 Å². The van der Waals surface area contributed by atoms with E-state index < -0.39 is 6.10 Å². The summed E-state index contributed by atoms with van der Waals surface area (Å²) in [5.74, 6) is 0. The predicted octanol–water partition coefficient (Wildman–Crippen LogP) is -0.443. The number of hydrogen-bond acceptors (Lipinski definition) is 3. The van der Waals surface area contributed by atoms with Gasteiger partial charge < -0.3 is 0 Å². The zero-order chi connectivity index (χ0) is 5.70. The number of aliphatic hydroxyl groups is 1. The molecular formula is C3H6NO2P. The Bertz CT molecular complexity index is 127. The summed E-state index contributed by atoms with van der Waals surface area (Å²) in [6.45, 7) is 0.0786. The van der Waals surface area contributed by atoms with E-state index in [1.807, 2.05) is 0 Å². The fraction of sp³-hybridized carbons (Fsp3) is 0.667. The van der Waals surface area contributed by atoms with E-state index >= 15 is 0 Å². The van der Waals surface area contributed by atoms with E-state index in [0.29, 0.717) is 0 Å². The third kappa shape index (κ3) is 3.77. The first-order valence-corrected chi connectivity index (χ1v) is 2.58. The van der Waals surface area contributed by atoms with Gasteiger partial charge in [-0.25, -0.2) is 0 Å². The van der Waals surface area contributed by atoms with E-state index in [2.05, 4.69) is 5.63 Å². The SMILES string of the molecule is NCC(O)C#P=O. The number of rotatable bonds is 1. The van der Waals surface area contributed by atoms with Crippen LogP contribution in [0.1, 0.15) is 0 Å². The van der Waals surface area contributed by atoms with Crippen LogP contribution in [-0.4, -0.2) is 17.8 Å². The zero-order valence-electron chi connectivity index (χ0n) is 3.66. The van der Waals surface area contributed by atoms with E-state index in [9.17, 15) is 4.57 Å². The Morgan fingerprint density at radius 1 is 2.00 bits per heavy atom. The summed E-state index contributed by atoms with van der Waals surface area (Å²) in [5, 5.41) is 8.41. The molecule has 7 heavy (non-hydrogen) atoms. The quantitative estimate of drug-likeness (QED) is 0.460. The molecule has 0 heterocycles. The fourth-order valence-electron chi connectivity index (χ4n) is 0.114. The summed E-state index contributed by atoms with van der Waals surface area (Å²) in [5.41, 5.74) is 7.04. The zero-order valence-corrected chi connectivity index (χ0v) is 4.56. The molecule has 1 atom stereocenters. The number of hydrogen-bond donors (Lipinski definition) is 2. The first kappa shape index (κ1) is 6.93. The third-order valence-electron chi connectivity index (χ3n) is 0.425. The summed E-state index contributed by atoms with van der Waals surface area (Å²) in [6.07, 6.45) is -0.848. The molecule has 0 aliphatic heterocycles. The maximum atomic E-state index is 9.54. The van der Waals surface area contributed by atoms with Gasteiger partial charge in [-0.05, 0) is 0 Å². The van der Waals surface area contributed by atoms with E-state index in [0.717, 1.165) is 0 Å². The second kappa shape index (κ2) is 4.10. The van der Waals surface area contributed by atoms with E-state index in [1.54, 1.807) is 0 Å². The molecule has 0 aliphatic rings. The van der Waals surface area contributed by atoms with Gasteiger partial charge in [0.1, 0.15) is 0 Å². The average molecular weight is 119 g/mol. The summed E-state index contributed by atoms with van der Waals surface area (Å²) < 4.78 is 9.54. The second-order valence-electron chi connectivity index (χ2n) is 0.972. The van der Waals surface area contributed by atoms with Gasteiger partial charge in [0.25, 0.3) is 0 Å². The Hall–Kier alpha value is -0.0700. The van der Waals surface area contributed by atoms with Gasteiger partial charge in [-0.1, -0.05) is 0 Å². The van der Waals surface area contributed by atoms with Crippen molar-refractivity contribution in [1.82, 2.24) is 0 Å². The molecule has 40 valence electrons. The predicted molar refractivity (Wildman–Crippen MR) is 26.6 cm³/mol. The topological polar surface area (TPSA) is 63.3 Å². The van der Waals surface area contributed by atoms with Crippen LogP contribution < -0.4 is 5.73 Å². The molecule has 3 nitrogen and oxygen atoms in total. The Morgan fingerprint density at radius 2 is 2.57 bits per heavy atom. The normalized spacial score (nSPS) is 12.3. The van der Waals surface area contributed by atoms with Crippen molar-refractivity contribution in [2.75, 3.05) is 6.54 Å². The number of aliphatic hydroxyl groups excluding tert-OH is 1. The van der Waals surface area contributed by atoms with Gasteiger partial charge in [0, 0.05) is 0 Å².